The maximum absolute atomic E-state index is 10.7. The van der Waals surface area contributed by atoms with Crippen molar-refractivity contribution in [1.82, 2.24) is 4.90 Å². The van der Waals surface area contributed by atoms with Crippen molar-refractivity contribution < 1.29 is 9.84 Å². The molecule has 0 radical (unpaired) electrons. The van der Waals surface area contributed by atoms with E-state index in [4.69, 9.17) is 27.9 Å². The van der Waals surface area contributed by atoms with Crippen molar-refractivity contribution in [2.75, 3.05) is 25.4 Å². The predicted molar refractivity (Wildman–Crippen MR) is 90.2 cm³/mol. The quantitative estimate of drug-likeness (QED) is 0.888. The molecule has 1 unspecified atom stereocenters. The van der Waals surface area contributed by atoms with Crippen LogP contribution in [0.15, 0.2) is 23.2 Å². The van der Waals surface area contributed by atoms with Gasteiger partial charge in [0.15, 0.2) is 10.9 Å². The molecule has 1 N–H and O–H groups in total. The van der Waals surface area contributed by atoms with Crippen molar-refractivity contribution in [3.05, 3.63) is 28.2 Å². The highest BCUT2D eigenvalue weighted by atomic mass is 35.5. The van der Waals surface area contributed by atoms with E-state index in [0.29, 0.717) is 21.5 Å². The average Bonchev–Trinajstić information content (AvgIpc) is 2.77. The van der Waals surface area contributed by atoms with E-state index in [0.717, 1.165) is 24.7 Å². The number of nitrogens with zero attached hydrogens (tertiary/aromatic N) is 2. The number of aliphatic imine (C=N–C) groups is 1. The van der Waals surface area contributed by atoms with E-state index in [1.807, 2.05) is 4.90 Å². The van der Waals surface area contributed by atoms with Gasteiger partial charge >= 0.3 is 0 Å². The lowest BCUT2D eigenvalue weighted by atomic mass is 10.2. The third-order valence-corrected chi connectivity index (χ3v) is 5.05. The zero-order chi connectivity index (χ0) is 14.2. The summed E-state index contributed by atoms with van der Waals surface area (Å²) in [7, 11) is 0. The number of hydrogen-bond donors (Lipinski definition) is 1. The third kappa shape index (κ3) is 3.54. The summed E-state index contributed by atoms with van der Waals surface area (Å²) >= 11 is 13.5. The fourth-order valence-corrected chi connectivity index (χ4v) is 3.92. The Morgan fingerprint density at radius 3 is 3.00 bits per heavy atom. The molecule has 1 saturated heterocycles. The Kier molecular flexibility index (Phi) is 5.54. The Labute approximate surface area is 143 Å². The van der Waals surface area contributed by atoms with Gasteiger partial charge in [-0.25, -0.2) is 0 Å². The zero-order valence-electron chi connectivity index (χ0n) is 11.1. The van der Waals surface area contributed by atoms with E-state index in [-0.39, 0.29) is 19.0 Å². The number of rotatable bonds is 3. The van der Waals surface area contributed by atoms with E-state index in [1.165, 1.54) is 0 Å². The summed E-state index contributed by atoms with van der Waals surface area (Å²) in [5.74, 6) is 1.08. The first kappa shape index (κ1) is 17.0. The number of thioether (sulfide) groups is 1. The largest absolute Gasteiger partial charge is 0.487 e. The highest BCUT2D eigenvalue weighted by Gasteiger charge is 2.44. The molecular weight excluding hydrogens is 355 g/mol. The molecule has 21 heavy (non-hydrogen) atoms. The first-order valence-corrected chi connectivity index (χ1v) is 8.08. The van der Waals surface area contributed by atoms with Crippen molar-refractivity contribution in [2.24, 2.45) is 4.99 Å². The van der Waals surface area contributed by atoms with Gasteiger partial charge in [0.2, 0.25) is 0 Å². The molecule has 1 atom stereocenters. The first-order chi connectivity index (χ1) is 9.58. The highest BCUT2D eigenvalue weighted by Crippen LogP contribution is 2.35. The van der Waals surface area contributed by atoms with Crippen LogP contribution in [0.2, 0.25) is 10.0 Å². The lowest BCUT2D eigenvalue weighted by Crippen LogP contribution is -2.53. The topological polar surface area (TPSA) is 45.1 Å². The van der Waals surface area contributed by atoms with Gasteiger partial charge in [-0.05, 0) is 24.6 Å². The van der Waals surface area contributed by atoms with Gasteiger partial charge in [0, 0.05) is 18.1 Å². The third-order valence-electron chi connectivity index (χ3n) is 3.31. The molecule has 0 bridgehead atoms. The van der Waals surface area contributed by atoms with Crippen molar-refractivity contribution >= 4 is 52.5 Å². The number of benzene rings is 1. The number of amidine groups is 1. The molecule has 2 aliphatic heterocycles. The normalized spacial score (nSPS) is 24.1. The van der Waals surface area contributed by atoms with E-state index in [9.17, 15) is 5.11 Å². The summed E-state index contributed by atoms with van der Waals surface area (Å²) in [5.41, 5.74) is -1.02. The van der Waals surface area contributed by atoms with Crippen molar-refractivity contribution in [3.8, 4) is 5.75 Å². The fourth-order valence-electron chi connectivity index (χ4n) is 2.26. The highest BCUT2D eigenvalue weighted by molar-refractivity contribution is 8.14. The Balaban J connectivity index is 0.00000161. The van der Waals surface area contributed by atoms with Crippen molar-refractivity contribution in [1.29, 1.82) is 0 Å². The standard InChI is InChI=1S/C13H14Cl2N2O2S.ClH/c14-9-2-3-11(10(15)6-9)19-7-13(18)8-20-12-16-4-1-5-17(12)13;/h2-3,6,18H,1,4-5,7-8H2;1H. The summed E-state index contributed by atoms with van der Waals surface area (Å²) in [6.07, 6.45) is 0.952. The lowest BCUT2D eigenvalue weighted by molar-refractivity contribution is -0.0751. The minimum absolute atomic E-state index is 0. The minimum atomic E-state index is -1.02. The second-order valence-electron chi connectivity index (χ2n) is 4.80. The number of hydrogen-bond acceptors (Lipinski definition) is 5. The second kappa shape index (κ2) is 6.84. The number of ether oxygens (including phenoxy) is 1. The van der Waals surface area contributed by atoms with E-state index < -0.39 is 5.72 Å². The smallest absolute Gasteiger partial charge is 0.183 e. The SMILES string of the molecule is Cl.OC1(COc2ccc(Cl)cc2Cl)CSC2=NCCCN21. The van der Waals surface area contributed by atoms with Gasteiger partial charge in [-0.2, -0.15) is 0 Å². The van der Waals surface area contributed by atoms with Gasteiger partial charge in [0.1, 0.15) is 12.4 Å². The molecule has 0 aromatic heterocycles. The molecular formula is C13H15Cl3N2O2S. The van der Waals surface area contributed by atoms with Crippen molar-refractivity contribution in [3.63, 3.8) is 0 Å². The minimum Gasteiger partial charge on any atom is -0.487 e. The number of halogens is 3. The van der Waals surface area contributed by atoms with Gasteiger partial charge in [-0.15, -0.1) is 12.4 Å². The molecule has 0 spiro atoms. The van der Waals surface area contributed by atoms with Gasteiger partial charge in [0.25, 0.3) is 0 Å². The Hall–Kier alpha value is -0.330. The van der Waals surface area contributed by atoms with Crippen LogP contribution in [0.3, 0.4) is 0 Å². The molecule has 2 aliphatic rings. The van der Waals surface area contributed by atoms with Gasteiger partial charge < -0.3 is 14.7 Å². The summed E-state index contributed by atoms with van der Waals surface area (Å²) in [5, 5.41) is 12.6. The molecule has 2 heterocycles. The predicted octanol–water partition coefficient (Wildman–Crippen LogP) is 3.29. The molecule has 4 nitrogen and oxygen atoms in total. The summed E-state index contributed by atoms with van der Waals surface area (Å²) in [6, 6.07) is 5.05. The number of fused-ring (bicyclic) bond motifs is 1. The van der Waals surface area contributed by atoms with Crippen LogP contribution in [0.5, 0.6) is 5.75 Å². The maximum Gasteiger partial charge on any atom is 0.183 e. The molecule has 116 valence electrons. The van der Waals surface area contributed by atoms with Crippen LogP contribution in [-0.2, 0) is 0 Å². The molecule has 0 saturated carbocycles. The summed E-state index contributed by atoms with van der Waals surface area (Å²) < 4.78 is 5.68. The van der Waals surface area contributed by atoms with Gasteiger partial charge in [-0.3, -0.25) is 4.99 Å². The molecule has 8 heteroatoms. The monoisotopic (exact) mass is 368 g/mol. The van der Waals surface area contributed by atoms with Crippen LogP contribution in [0.25, 0.3) is 0 Å². The molecule has 1 aromatic carbocycles. The molecule has 0 amide bonds. The molecule has 1 aromatic rings. The van der Waals surface area contributed by atoms with Gasteiger partial charge in [-0.1, -0.05) is 35.0 Å². The van der Waals surface area contributed by atoms with E-state index >= 15 is 0 Å². The van der Waals surface area contributed by atoms with Crippen LogP contribution in [0, 0.1) is 0 Å². The van der Waals surface area contributed by atoms with Crippen LogP contribution in [0.4, 0.5) is 0 Å². The Morgan fingerprint density at radius 2 is 2.24 bits per heavy atom. The lowest BCUT2D eigenvalue weighted by Gasteiger charge is -2.35. The molecule has 0 aliphatic carbocycles. The average molecular weight is 370 g/mol. The summed E-state index contributed by atoms with van der Waals surface area (Å²) in [4.78, 5) is 6.34. The fraction of sp³-hybridized carbons (Fsp3) is 0.462. The Morgan fingerprint density at radius 1 is 1.43 bits per heavy atom. The van der Waals surface area contributed by atoms with Crippen LogP contribution in [0.1, 0.15) is 6.42 Å². The molecule has 1 fully saturated rings. The van der Waals surface area contributed by atoms with Crippen LogP contribution >= 0.6 is 47.4 Å². The first-order valence-electron chi connectivity index (χ1n) is 6.34. The molecule has 3 rings (SSSR count). The summed E-state index contributed by atoms with van der Waals surface area (Å²) in [6.45, 7) is 1.79. The van der Waals surface area contributed by atoms with Crippen LogP contribution in [-0.4, -0.2) is 46.3 Å². The maximum atomic E-state index is 10.7. The Bertz CT molecular complexity index is 558. The van der Waals surface area contributed by atoms with Crippen LogP contribution < -0.4 is 4.74 Å². The van der Waals surface area contributed by atoms with Gasteiger partial charge in [0.05, 0.1) is 10.8 Å². The number of aliphatic hydroxyl groups is 1. The second-order valence-corrected chi connectivity index (χ2v) is 6.59. The van der Waals surface area contributed by atoms with E-state index in [1.54, 1.807) is 30.0 Å². The van der Waals surface area contributed by atoms with E-state index in [2.05, 4.69) is 4.99 Å². The van der Waals surface area contributed by atoms with Crippen molar-refractivity contribution in [2.45, 2.75) is 12.1 Å². The zero-order valence-corrected chi connectivity index (χ0v) is 14.2.